The van der Waals surface area contributed by atoms with E-state index in [2.05, 4.69) is 10.6 Å². The molecule has 0 unspecified atom stereocenters. The van der Waals surface area contributed by atoms with E-state index in [1.54, 1.807) is 24.3 Å². The largest absolute Gasteiger partial charge is 0.368 e. The van der Waals surface area contributed by atoms with Crippen LogP contribution in [-0.4, -0.2) is 44.1 Å². The highest BCUT2D eigenvalue weighted by molar-refractivity contribution is 7.90. The summed E-state index contributed by atoms with van der Waals surface area (Å²) < 4.78 is 26.1. The van der Waals surface area contributed by atoms with Gasteiger partial charge < -0.3 is 16.4 Å². The normalized spacial score (nSPS) is 18.4. The van der Waals surface area contributed by atoms with E-state index in [9.17, 15) is 27.6 Å². The van der Waals surface area contributed by atoms with Gasteiger partial charge in [-0.1, -0.05) is 54.6 Å². The number of hydrogen-bond donors (Lipinski definition) is 4. The van der Waals surface area contributed by atoms with E-state index in [-0.39, 0.29) is 19.3 Å². The Morgan fingerprint density at radius 1 is 0.971 bits per heavy atom. The summed E-state index contributed by atoms with van der Waals surface area (Å²) >= 11 is 0. The predicted molar refractivity (Wildman–Crippen MR) is 123 cm³/mol. The monoisotopic (exact) mass is 486 g/mol. The summed E-state index contributed by atoms with van der Waals surface area (Å²) in [6.07, 6.45) is 0.136. The SMILES string of the molecule is CC(=O)N[C@@H](Cc1ccccc1)C(=O)N[C@@H](Cc1ccc([C@@H]2CC(=O)NS2(=O)=O)cc1)C(N)=O. The average molecular weight is 487 g/mol. The van der Waals surface area contributed by atoms with Crippen LogP contribution in [0.15, 0.2) is 54.6 Å². The lowest BCUT2D eigenvalue weighted by atomic mass is 10.0. The van der Waals surface area contributed by atoms with Crippen molar-refractivity contribution < 1.29 is 27.6 Å². The zero-order chi connectivity index (χ0) is 24.9. The lowest BCUT2D eigenvalue weighted by Crippen LogP contribution is -2.54. The maximum atomic E-state index is 12.9. The van der Waals surface area contributed by atoms with Crippen molar-refractivity contribution in [3.63, 3.8) is 0 Å². The summed E-state index contributed by atoms with van der Waals surface area (Å²) in [6.45, 7) is 1.30. The number of carbonyl (C=O) groups is 4. The van der Waals surface area contributed by atoms with Crippen molar-refractivity contribution in [1.82, 2.24) is 15.4 Å². The maximum Gasteiger partial charge on any atom is 0.243 e. The Morgan fingerprint density at radius 3 is 2.09 bits per heavy atom. The highest BCUT2D eigenvalue weighted by Gasteiger charge is 2.37. The van der Waals surface area contributed by atoms with Crippen molar-refractivity contribution in [3.05, 3.63) is 71.3 Å². The number of hydrogen-bond acceptors (Lipinski definition) is 6. The highest BCUT2D eigenvalue weighted by atomic mass is 32.2. The molecule has 2 aromatic carbocycles. The molecule has 0 saturated carbocycles. The summed E-state index contributed by atoms with van der Waals surface area (Å²) in [7, 11) is -3.77. The minimum Gasteiger partial charge on any atom is -0.368 e. The summed E-state index contributed by atoms with van der Waals surface area (Å²) in [5.41, 5.74) is 7.40. The second-order valence-corrected chi connectivity index (χ2v) is 9.98. The zero-order valence-electron chi connectivity index (χ0n) is 18.5. The fourth-order valence-electron chi connectivity index (χ4n) is 3.75. The lowest BCUT2D eigenvalue weighted by molar-refractivity contribution is -0.130. The molecule has 3 rings (SSSR count). The molecule has 11 heteroatoms. The second kappa shape index (κ2) is 10.5. The molecule has 0 radical (unpaired) electrons. The van der Waals surface area contributed by atoms with Crippen LogP contribution in [0, 0.1) is 0 Å². The van der Waals surface area contributed by atoms with Crippen LogP contribution in [0.1, 0.15) is 35.3 Å². The number of nitrogens with one attached hydrogen (secondary N) is 3. The van der Waals surface area contributed by atoms with E-state index >= 15 is 0 Å². The van der Waals surface area contributed by atoms with Gasteiger partial charge in [0.25, 0.3) is 0 Å². The number of primary amides is 1. The number of amides is 4. The standard InChI is InChI=1S/C23H26N4O6S/c1-14(28)25-19(12-15-5-3-2-4-6-15)23(31)26-18(22(24)30)11-16-7-9-17(10-8-16)20-13-21(29)27-34(20,32)33/h2-10,18-20H,11-13H2,1H3,(H2,24,30)(H,25,28)(H,26,31)(H,27,29)/t18-,19-,20-/m0/s1. The smallest absolute Gasteiger partial charge is 0.243 e. The first-order chi connectivity index (χ1) is 16.0. The quantitative estimate of drug-likeness (QED) is 0.384. The van der Waals surface area contributed by atoms with Crippen molar-refractivity contribution in [2.75, 3.05) is 0 Å². The fraction of sp³-hybridized carbons (Fsp3) is 0.304. The molecule has 1 aliphatic heterocycles. The minimum absolute atomic E-state index is 0.0636. The molecule has 10 nitrogen and oxygen atoms in total. The Kier molecular flexibility index (Phi) is 7.67. The first-order valence-electron chi connectivity index (χ1n) is 10.6. The second-order valence-electron chi connectivity index (χ2n) is 8.12. The molecule has 1 aliphatic rings. The van der Waals surface area contributed by atoms with Gasteiger partial charge in [0.15, 0.2) is 0 Å². The Morgan fingerprint density at radius 2 is 1.56 bits per heavy atom. The first-order valence-corrected chi connectivity index (χ1v) is 12.1. The van der Waals surface area contributed by atoms with Crippen molar-refractivity contribution in [3.8, 4) is 0 Å². The van der Waals surface area contributed by atoms with Gasteiger partial charge in [0, 0.05) is 19.8 Å². The average Bonchev–Trinajstić information content (AvgIpc) is 3.05. The van der Waals surface area contributed by atoms with Crippen LogP contribution >= 0.6 is 0 Å². The molecular weight excluding hydrogens is 460 g/mol. The lowest BCUT2D eigenvalue weighted by Gasteiger charge is -2.22. The van der Waals surface area contributed by atoms with E-state index in [0.29, 0.717) is 11.1 Å². The predicted octanol–water partition coefficient (Wildman–Crippen LogP) is -0.163. The van der Waals surface area contributed by atoms with Gasteiger partial charge in [-0.15, -0.1) is 0 Å². The molecule has 0 aromatic heterocycles. The van der Waals surface area contributed by atoms with Crippen LogP contribution in [0.2, 0.25) is 0 Å². The molecule has 0 spiro atoms. The van der Waals surface area contributed by atoms with Crippen molar-refractivity contribution >= 4 is 33.7 Å². The van der Waals surface area contributed by atoms with Gasteiger partial charge in [-0.3, -0.25) is 23.9 Å². The summed E-state index contributed by atoms with van der Waals surface area (Å²) in [4.78, 5) is 48.0. The fourth-order valence-corrected chi connectivity index (χ4v) is 5.18. The number of carbonyl (C=O) groups excluding carboxylic acids is 4. The third kappa shape index (κ3) is 6.41. The molecule has 1 fully saturated rings. The third-order valence-corrected chi connectivity index (χ3v) is 7.13. The molecule has 1 saturated heterocycles. The Hall–Kier alpha value is -3.73. The highest BCUT2D eigenvalue weighted by Crippen LogP contribution is 2.30. The molecule has 3 atom stereocenters. The Bertz CT molecular complexity index is 1180. The summed E-state index contributed by atoms with van der Waals surface area (Å²) in [6, 6.07) is 13.5. The van der Waals surface area contributed by atoms with Gasteiger partial charge in [-0.2, -0.15) is 0 Å². The van der Waals surface area contributed by atoms with Gasteiger partial charge >= 0.3 is 0 Å². The maximum absolute atomic E-state index is 12.9. The van der Waals surface area contributed by atoms with Crippen LogP contribution in [-0.2, 0) is 42.0 Å². The van der Waals surface area contributed by atoms with E-state index < -0.39 is 51.0 Å². The van der Waals surface area contributed by atoms with E-state index in [1.807, 2.05) is 35.1 Å². The van der Waals surface area contributed by atoms with Crippen LogP contribution in [0.5, 0.6) is 0 Å². The Labute approximate surface area is 197 Å². The van der Waals surface area contributed by atoms with E-state index in [1.165, 1.54) is 6.92 Å². The Balaban J connectivity index is 1.70. The number of rotatable bonds is 9. The number of benzene rings is 2. The van der Waals surface area contributed by atoms with Gasteiger partial charge in [0.2, 0.25) is 33.7 Å². The molecule has 4 amide bonds. The molecular formula is C23H26N4O6S. The van der Waals surface area contributed by atoms with Crippen molar-refractivity contribution in [2.24, 2.45) is 5.73 Å². The third-order valence-electron chi connectivity index (χ3n) is 5.43. The van der Waals surface area contributed by atoms with Gasteiger partial charge in [-0.05, 0) is 16.7 Å². The van der Waals surface area contributed by atoms with E-state index in [4.69, 9.17) is 5.73 Å². The van der Waals surface area contributed by atoms with Crippen LogP contribution in [0.25, 0.3) is 0 Å². The van der Waals surface area contributed by atoms with E-state index in [0.717, 1.165) is 5.56 Å². The van der Waals surface area contributed by atoms with Crippen LogP contribution in [0.3, 0.4) is 0 Å². The van der Waals surface area contributed by atoms with Crippen LogP contribution in [0.4, 0.5) is 0 Å². The van der Waals surface area contributed by atoms with Crippen molar-refractivity contribution in [1.29, 1.82) is 0 Å². The molecule has 180 valence electrons. The molecule has 2 aromatic rings. The first kappa shape index (κ1) is 24.9. The van der Waals surface area contributed by atoms with Crippen LogP contribution < -0.4 is 21.1 Å². The summed E-state index contributed by atoms with van der Waals surface area (Å²) in [5, 5.41) is 4.22. The van der Waals surface area contributed by atoms with Gasteiger partial charge in [0.05, 0.1) is 6.42 Å². The molecule has 34 heavy (non-hydrogen) atoms. The summed E-state index contributed by atoms with van der Waals surface area (Å²) in [5.74, 6) is -2.26. The van der Waals surface area contributed by atoms with Crippen molar-refractivity contribution in [2.45, 2.75) is 43.5 Å². The van der Waals surface area contributed by atoms with Gasteiger partial charge in [-0.25, -0.2) is 8.42 Å². The molecule has 0 aliphatic carbocycles. The number of sulfonamides is 1. The minimum atomic E-state index is -3.77. The topological polar surface area (TPSA) is 165 Å². The van der Waals surface area contributed by atoms with Gasteiger partial charge in [0.1, 0.15) is 17.3 Å². The molecule has 1 heterocycles. The molecule has 5 N–H and O–H groups in total. The molecule has 0 bridgehead atoms. The zero-order valence-corrected chi connectivity index (χ0v) is 19.3. The number of nitrogens with two attached hydrogens (primary N) is 1.